The molecule has 0 aromatic carbocycles. The van der Waals surface area contributed by atoms with Gasteiger partial charge in [0, 0.05) is 19.5 Å². The van der Waals surface area contributed by atoms with Gasteiger partial charge in [0.1, 0.15) is 0 Å². The lowest BCUT2D eigenvalue weighted by atomic mass is 9.85. The second-order valence-electron chi connectivity index (χ2n) is 6.05. The number of hydrogen-bond donors (Lipinski definition) is 1. The second kappa shape index (κ2) is 7.78. The monoisotopic (exact) mass is 268 g/mol. The van der Waals surface area contributed by atoms with E-state index in [0.717, 1.165) is 0 Å². The number of carboxylic acids is 1. The molecular weight excluding hydrogens is 244 g/mol. The van der Waals surface area contributed by atoms with Crippen molar-refractivity contribution in [1.29, 1.82) is 5.26 Å². The molecular formula is C14H24N2O3. The maximum Gasteiger partial charge on any atom is 0.303 e. The number of carbonyl (C=O) groups is 2. The van der Waals surface area contributed by atoms with Crippen molar-refractivity contribution in [3.8, 4) is 6.07 Å². The average Bonchev–Trinajstić information content (AvgIpc) is 2.20. The van der Waals surface area contributed by atoms with Crippen LogP contribution in [0.4, 0.5) is 0 Å². The molecule has 0 saturated heterocycles. The normalized spacial score (nSPS) is 11.2. The van der Waals surface area contributed by atoms with Gasteiger partial charge in [0.25, 0.3) is 0 Å². The molecule has 0 spiro atoms. The van der Waals surface area contributed by atoms with E-state index in [9.17, 15) is 9.59 Å². The highest BCUT2D eigenvalue weighted by Crippen LogP contribution is 2.26. The molecule has 0 bridgehead atoms. The van der Waals surface area contributed by atoms with Crippen molar-refractivity contribution in [3.63, 3.8) is 0 Å². The Balaban J connectivity index is 4.62. The second-order valence-corrected chi connectivity index (χ2v) is 6.05. The lowest BCUT2D eigenvalue weighted by molar-refractivity contribution is -0.140. The van der Waals surface area contributed by atoms with E-state index >= 15 is 0 Å². The summed E-state index contributed by atoms with van der Waals surface area (Å²) in [6.45, 7) is 8.58. The van der Waals surface area contributed by atoms with Gasteiger partial charge in [0.15, 0.2) is 0 Å². The van der Waals surface area contributed by atoms with Crippen molar-refractivity contribution in [2.45, 2.75) is 47.0 Å². The first-order chi connectivity index (χ1) is 8.68. The number of hydrogen-bond acceptors (Lipinski definition) is 3. The molecule has 19 heavy (non-hydrogen) atoms. The van der Waals surface area contributed by atoms with Gasteiger partial charge < -0.3 is 10.0 Å². The summed E-state index contributed by atoms with van der Waals surface area (Å²) in [5.41, 5.74) is -0.565. The zero-order valence-corrected chi connectivity index (χ0v) is 12.3. The standard InChI is InChI=1S/C14H24N2O3/c1-11(2)10-16(7-5-6-15)12(17)8-14(3,4)9-13(18)19/h11H,5,7-10H2,1-4H3,(H,18,19). The van der Waals surface area contributed by atoms with Gasteiger partial charge in [-0.25, -0.2) is 0 Å². The molecule has 0 aliphatic heterocycles. The molecule has 0 unspecified atom stereocenters. The Morgan fingerprint density at radius 3 is 2.32 bits per heavy atom. The summed E-state index contributed by atoms with van der Waals surface area (Å²) in [5.74, 6) is -0.648. The van der Waals surface area contributed by atoms with Crippen LogP contribution in [-0.4, -0.2) is 35.0 Å². The highest BCUT2D eigenvalue weighted by atomic mass is 16.4. The molecule has 0 aromatic heterocycles. The minimum atomic E-state index is -0.898. The molecule has 0 atom stereocenters. The molecule has 1 amide bonds. The Bertz CT molecular complexity index is 356. The van der Waals surface area contributed by atoms with Crippen LogP contribution in [0.2, 0.25) is 0 Å². The smallest absolute Gasteiger partial charge is 0.303 e. The molecule has 0 heterocycles. The summed E-state index contributed by atoms with van der Waals surface area (Å²) in [7, 11) is 0. The van der Waals surface area contributed by atoms with Gasteiger partial charge in [-0.1, -0.05) is 27.7 Å². The Hall–Kier alpha value is -1.57. The van der Waals surface area contributed by atoms with Crippen LogP contribution in [0, 0.1) is 22.7 Å². The van der Waals surface area contributed by atoms with Crippen LogP contribution in [0.3, 0.4) is 0 Å². The molecule has 5 nitrogen and oxygen atoms in total. The molecule has 0 aliphatic carbocycles. The van der Waals surface area contributed by atoms with Gasteiger partial charge in [-0.05, 0) is 11.3 Å². The van der Waals surface area contributed by atoms with Crippen molar-refractivity contribution >= 4 is 11.9 Å². The largest absolute Gasteiger partial charge is 0.481 e. The fraction of sp³-hybridized carbons (Fsp3) is 0.786. The maximum absolute atomic E-state index is 12.2. The number of nitrogens with zero attached hydrogens (tertiary/aromatic N) is 2. The average molecular weight is 268 g/mol. The number of carboxylic acid groups (broad SMARTS) is 1. The summed E-state index contributed by atoms with van der Waals surface area (Å²) >= 11 is 0. The van der Waals surface area contributed by atoms with E-state index in [0.29, 0.717) is 25.4 Å². The topological polar surface area (TPSA) is 81.4 Å². The molecule has 0 fully saturated rings. The van der Waals surface area contributed by atoms with Gasteiger partial charge >= 0.3 is 5.97 Å². The van der Waals surface area contributed by atoms with Gasteiger partial charge in [0.2, 0.25) is 5.91 Å². The molecule has 1 N–H and O–H groups in total. The molecule has 0 saturated carbocycles. The highest BCUT2D eigenvalue weighted by molar-refractivity contribution is 5.78. The van der Waals surface area contributed by atoms with Crippen LogP contribution in [0.1, 0.15) is 47.0 Å². The predicted octanol–water partition coefficient (Wildman–Crippen LogP) is 2.28. The van der Waals surface area contributed by atoms with Gasteiger partial charge in [0.05, 0.1) is 18.9 Å². The molecule has 0 rings (SSSR count). The van der Waals surface area contributed by atoms with Crippen LogP contribution >= 0.6 is 0 Å². The first-order valence-electron chi connectivity index (χ1n) is 6.54. The number of nitriles is 1. The Kier molecular flexibility index (Phi) is 7.13. The predicted molar refractivity (Wildman–Crippen MR) is 72.3 cm³/mol. The molecule has 0 aromatic rings. The number of rotatable bonds is 8. The number of amides is 1. The quantitative estimate of drug-likeness (QED) is 0.732. The Labute approximate surface area is 115 Å². The highest BCUT2D eigenvalue weighted by Gasteiger charge is 2.27. The SMILES string of the molecule is CC(C)CN(CCC#N)C(=O)CC(C)(C)CC(=O)O. The molecule has 5 heteroatoms. The van der Waals surface area contributed by atoms with E-state index in [-0.39, 0.29) is 18.7 Å². The minimum absolute atomic E-state index is 0.0352. The van der Waals surface area contributed by atoms with Crippen LogP contribution in [0.15, 0.2) is 0 Å². The lowest BCUT2D eigenvalue weighted by Gasteiger charge is -2.28. The van der Waals surface area contributed by atoms with Crippen LogP contribution in [-0.2, 0) is 9.59 Å². The van der Waals surface area contributed by atoms with E-state index < -0.39 is 11.4 Å². The Morgan fingerprint density at radius 1 is 1.32 bits per heavy atom. The van der Waals surface area contributed by atoms with E-state index in [1.807, 2.05) is 19.9 Å². The summed E-state index contributed by atoms with van der Waals surface area (Å²) < 4.78 is 0. The van der Waals surface area contributed by atoms with Crippen molar-refractivity contribution in [1.82, 2.24) is 4.90 Å². The summed E-state index contributed by atoms with van der Waals surface area (Å²) in [6.07, 6.45) is 0.460. The fourth-order valence-electron chi connectivity index (χ4n) is 1.94. The fourth-order valence-corrected chi connectivity index (χ4v) is 1.94. The van der Waals surface area contributed by atoms with Crippen LogP contribution in [0.25, 0.3) is 0 Å². The lowest BCUT2D eigenvalue weighted by Crippen LogP contribution is -2.37. The van der Waals surface area contributed by atoms with Crippen molar-refractivity contribution < 1.29 is 14.7 Å². The summed E-state index contributed by atoms with van der Waals surface area (Å²) in [5, 5.41) is 17.4. The van der Waals surface area contributed by atoms with Crippen LogP contribution < -0.4 is 0 Å². The van der Waals surface area contributed by atoms with E-state index in [1.165, 1.54) is 0 Å². The Morgan fingerprint density at radius 2 is 1.89 bits per heavy atom. The van der Waals surface area contributed by atoms with Gasteiger partial charge in [-0.2, -0.15) is 5.26 Å². The third-order valence-electron chi connectivity index (χ3n) is 2.69. The van der Waals surface area contributed by atoms with Crippen molar-refractivity contribution in [3.05, 3.63) is 0 Å². The minimum Gasteiger partial charge on any atom is -0.481 e. The molecule has 108 valence electrons. The van der Waals surface area contributed by atoms with E-state index in [1.54, 1.807) is 18.7 Å². The summed E-state index contributed by atoms with van der Waals surface area (Å²) in [4.78, 5) is 24.6. The van der Waals surface area contributed by atoms with E-state index in [4.69, 9.17) is 10.4 Å². The maximum atomic E-state index is 12.2. The van der Waals surface area contributed by atoms with Crippen molar-refractivity contribution in [2.75, 3.05) is 13.1 Å². The number of carbonyl (C=O) groups excluding carboxylic acids is 1. The molecule has 0 aliphatic rings. The molecule has 0 radical (unpaired) electrons. The van der Waals surface area contributed by atoms with Crippen molar-refractivity contribution in [2.24, 2.45) is 11.3 Å². The number of aliphatic carboxylic acids is 1. The zero-order chi connectivity index (χ0) is 15.1. The third kappa shape index (κ3) is 8.20. The van der Waals surface area contributed by atoms with Gasteiger partial charge in [-0.15, -0.1) is 0 Å². The first-order valence-corrected chi connectivity index (χ1v) is 6.54. The zero-order valence-electron chi connectivity index (χ0n) is 12.3. The van der Waals surface area contributed by atoms with Crippen LogP contribution in [0.5, 0.6) is 0 Å². The first kappa shape index (κ1) is 17.4. The van der Waals surface area contributed by atoms with Gasteiger partial charge in [-0.3, -0.25) is 9.59 Å². The van der Waals surface area contributed by atoms with E-state index in [2.05, 4.69) is 0 Å². The third-order valence-corrected chi connectivity index (χ3v) is 2.69. The summed E-state index contributed by atoms with van der Waals surface area (Å²) in [6, 6.07) is 2.03.